The molecule has 1 aliphatic heterocycles. The number of carbonyl (C=O) groups is 1. The number of amides is 1. The Bertz CT molecular complexity index is 568. The summed E-state index contributed by atoms with van der Waals surface area (Å²) in [5.41, 5.74) is 4.55. The van der Waals surface area contributed by atoms with Crippen LogP contribution in [-0.2, 0) is 4.74 Å². The van der Waals surface area contributed by atoms with Crippen molar-refractivity contribution < 1.29 is 9.53 Å². The van der Waals surface area contributed by atoms with Gasteiger partial charge in [0.25, 0.3) is 0 Å². The van der Waals surface area contributed by atoms with Crippen molar-refractivity contribution in [3.05, 3.63) is 38.9 Å². The second-order valence-electron chi connectivity index (χ2n) is 6.59. The van der Waals surface area contributed by atoms with E-state index in [0.717, 1.165) is 4.47 Å². The Morgan fingerprint density at radius 2 is 1.76 bits per heavy atom. The lowest BCUT2D eigenvalue weighted by atomic mass is 9.98. The second-order valence-corrected chi connectivity index (χ2v) is 7.51. The van der Waals surface area contributed by atoms with Crippen LogP contribution in [0.3, 0.4) is 0 Å². The Labute approximate surface area is 135 Å². The van der Waals surface area contributed by atoms with Crippen molar-refractivity contribution in [2.75, 3.05) is 13.1 Å². The summed E-state index contributed by atoms with van der Waals surface area (Å²) in [5.74, 6) is 0. The minimum atomic E-state index is -0.435. The number of likely N-dealkylation sites (tertiary alicyclic amines) is 1. The molecule has 1 aromatic carbocycles. The fourth-order valence-electron chi connectivity index (χ4n) is 2.34. The molecular weight excluding hydrogens is 330 g/mol. The standard InChI is InChI=1S/C17H22BrNO2/c1-11-6-14(18)7-12(2)15(11)8-13-9-19(10-13)16(20)21-17(3,4)5/h6-8H,9-10H2,1-5H3. The van der Waals surface area contributed by atoms with Crippen LogP contribution in [0, 0.1) is 13.8 Å². The van der Waals surface area contributed by atoms with Gasteiger partial charge in [0.15, 0.2) is 0 Å². The maximum atomic E-state index is 11.9. The average molecular weight is 352 g/mol. The Kier molecular flexibility index (Phi) is 4.47. The van der Waals surface area contributed by atoms with Crippen LogP contribution in [0.4, 0.5) is 4.79 Å². The zero-order chi connectivity index (χ0) is 15.8. The van der Waals surface area contributed by atoms with Crippen molar-refractivity contribution >= 4 is 28.1 Å². The van der Waals surface area contributed by atoms with Gasteiger partial charge in [-0.15, -0.1) is 0 Å². The first-order chi connectivity index (χ1) is 9.65. The summed E-state index contributed by atoms with van der Waals surface area (Å²) in [6.07, 6.45) is 1.96. The van der Waals surface area contributed by atoms with Crippen molar-refractivity contribution in [3.63, 3.8) is 0 Å². The molecule has 4 heteroatoms. The van der Waals surface area contributed by atoms with E-state index >= 15 is 0 Å². The third-order valence-electron chi connectivity index (χ3n) is 3.35. The van der Waals surface area contributed by atoms with E-state index in [4.69, 9.17) is 4.74 Å². The normalized spacial score (nSPS) is 14.8. The van der Waals surface area contributed by atoms with Crippen LogP contribution < -0.4 is 0 Å². The number of aryl methyl sites for hydroxylation is 2. The fraction of sp³-hybridized carbons (Fsp3) is 0.471. The molecule has 114 valence electrons. The number of hydrogen-bond acceptors (Lipinski definition) is 2. The lowest BCUT2D eigenvalue weighted by Crippen LogP contribution is -2.46. The van der Waals surface area contributed by atoms with Crippen LogP contribution in [-0.4, -0.2) is 29.7 Å². The number of halogens is 1. The van der Waals surface area contributed by atoms with E-state index in [9.17, 15) is 4.79 Å². The largest absolute Gasteiger partial charge is 0.444 e. The first-order valence-electron chi connectivity index (χ1n) is 7.10. The summed E-state index contributed by atoms with van der Waals surface area (Å²) in [6, 6.07) is 4.23. The number of ether oxygens (including phenoxy) is 1. The first kappa shape index (κ1) is 16.1. The first-order valence-corrected chi connectivity index (χ1v) is 7.89. The fourth-order valence-corrected chi connectivity index (χ4v) is 3.03. The lowest BCUT2D eigenvalue weighted by Gasteiger charge is -2.35. The minimum Gasteiger partial charge on any atom is -0.444 e. The summed E-state index contributed by atoms with van der Waals surface area (Å²) in [7, 11) is 0. The molecule has 0 saturated carbocycles. The zero-order valence-electron chi connectivity index (χ0n) is 13.3. The van der Waals surface area contributed by atoms with E-state index in [0.29, 0.717) is 13.1 Å². The van der Waals surface area contributed by atoms with Gasteiger partial charge >= 0.3 is 6.09 Å². The van der Waals surface area contributed by atoms with Crippen LogP contribution in [0.2, 0.25) is 0 Å². The minimum absolute atomic E-state index is 0.232. The highest BCUT2D eigenvalue weighted by Gasteiger charge is 2.29. The van der Waals surface area contributed by atoms with Gasteiger partial charge in [-0.1, -0.05) is 22.0 Å². The van der Waals surface area contributed by atoms with Crippen LogP contribution in [0.5, 0.6) is 0 Å². The SMILES string of the molecule is Cc1cc(Br)cc(C)c1C=C1CN(C(=O)OC(C)(C)C)C1. The average Bonchev–Trinajstić information content (AvgIpc) is 2.21. The monoisotopic (exact) mass is 351 g/mol. The third-order valence-corrected chi connectivity index (χ3v) is 3.80. The summed E-state index contributed by atoms with van der Waals surface area (Å²) < 4.78 is 6.46. The van der Waals surface area contributed by atoms with E-state index in [2.05, 4.69) is 48.0 Å². The molecule has 1 heterocycles. The summed E-state index contributed by atoms with van der Waals surface area (Å²) >= 11 is 3.51. The Balaban J connectivity index is 2.03. The van der Waals surface area contributed by atoms with Gasteiger partial charge in [0.2, 0.25) is 0 Å². The number of carbonyl (C=O) groups excluding carboxylic acids is 1. The molecule has 0 N–H and O–H groups in total. The van der Waals surface area contributed by atoms with Crippen LogP contribution >= 0.6 is 15.9 Å². The molecular formula is C17H22BrNO2. The van der Waals surface area contributed by atoms with Gasteiger partial charge in [-0.3, -0.25) is 0 Å². The molecule has 21 heavy (non-hydrogen) atoms. The van der Waals surface area contributed by atoms with Crippen molar-refractivity contribution in [1.29, 1.82) is 0 Å². The topological polar surface area (TPSA) is 29.5 Å². The van der Waals surface area contributed by atoms with Gasteiger partial charge < -0.3 is 9.64 Å². The molecule has 0 bridgehead atoms. The van der Waals surface area contributed by atoms with Crippen LogP contribution in [0.15, 0.2) is 22.2 Å². The van der Waals surface area contributed by atoms with Gasteiger partial charge in [-0.2, -0.15) is 0 Å². The van der Waals surface area contributed by atoms with Gasteiger partial charge in [0.05, 0.1) is 0 Å². The van der Waals surface area contributed by atoms with Gasteiger partial charge in [-0.05, 0) is 69.0 Å². The van der Waals surface area contributed by atoms with E-state index < -0.39 is 5.60 Å². The van der Waals surface area contributed by atoms with Gasteiger partial charge in [0.1, 0.15) is 5.60 Å². The summed E-state index contributed by atoms with van der Waals surface area (Å²) in [5, 5.41) is 0. The maximum Gasteiger partial charge on any atom is 0.410 e. The quantitative estimate of drug-likeness (QED) is 0.733. The Morgan fingerprint density at radius 1 is 1.24 bits per heavy atom. The highest BCUT2D eigenvalue weighted by atomic mass is 79.9. The molecule has 1 amide bonds. The van der Waals surface area contributed by atoms with Crippen LogP contribution in [0.25, 0.3) is 6.08 Å². The van der Waals surface area contributed by atoms with E-state index in [1.807, 2.05) is 20.8 Å². The van der Waals surface area contributed by atoms with Crippen molar-refractivity contribution in [2.24, 2.45) is 0 Å². The predicted octanol–water partition coefficient (Wildman–Crippen LogP) is 4.70. The third kappa shape index (κ3) is 4.10. The Morgan fingerprint density at radius 3 is 2.24 bits per heavy atom. The smallest absolute Gasteiger partial charge is 0.410 e. The highest BCUT2D eigenvalue weighted by molar-refractivity contribution is 9.10. The zero-order valence-corrected chi connectivity index (χ0v) is 14.9. The van der Waals surface area contributed by atoms with Crippen LogP contribution in [0.1, 0.15) is 37.5 Å². The molecule has 0 unspecified atom stereocenters. The van der Waals surface area contributed by atoms with E-state index in [1.54, 1.807) is 4.90 Å². The van der Waals surface area contributed by atoms with Gasteiger partial charge in [0, 0.05) is 17.6 Å². The predicted molar refractivity (Wildman–Crippen MR) is 89.4 cm³/mol. The summed E-state index contributed by atoms with van der Waals surface area (Å²) in [4.78, 5) is 13.6. The maximum absolute atomic E-state index is 11.9. The number of benzene rings is 1. The second kappa shape index (κ2) is 5.84. The molecule has 1 saturated heterocycles. The lowest BCUT2D eigenvalue weighted by molar-refractivity contribution is 0.0216. The van der Waals surface area contributed by atoms with Crippen molar-refractivity contribution in [1.82, 2.24) is 4.90 Å². The number of rotatable bonds is 1. The van der Waals surface area contributed by atoms with Crippen molar-refractivity contribution in [2.45, 2.75) is 40.2 Å². The molecule has 3 nitrogen and oxygen atoms in total. The van der Waals surface area contributed by atoms with E-state index in [1.165, 1.54) is 22.3 Å². The number of nitrogens with zero attached hydrogens (tertiary/aromatic N) is 1. The molecule has 1 aromatic rings. The highest BCUT2D eigenvalue weighted by Crippen LogP contribution is 2.26. The molecule has 0 aliphatic carbocycles. The molecule has 2 rings (SSSR count). The number of hydrogen-bond donors (Lipinski definition) is 0. The Hall–Kier alpha value is -1.29. The molecule has 1 aliphatic rings. The molecule has 0 radical (unpaired) electrons. The van der Waals surface area contributed by atoms with Gasteiger partial charge in [-0.25, -0.2) is 4.79 Å². The molecule has 0 atom stereocenters. The molecule has 0 spiro atoms. The summed E-state index contributed by atoms with van der Waals surface area (Å²) in [6.45, 7) is 11.2. The van der Waals surface area contributed by atoms with Crippen molar-refractivity contribution in [3.8, 4) is 0 Å². The molecule has 0 aromatic heterocycles. The van der Waals surface area contributed by atoms with E-state index in [-0.39, 0.29) is 6.09 Å². The molecule has 1 fully saturated rings.